The van der Waals surface area contributed by atoms with E-state index >= 15 is 0 Å². The SMILES string of the molecule is CC(C)(C)/C(O)=C/N=CC(O)C(C)(C)C.CC(C)(C)/C(O)=C/N=CC(O)C(C)(C)C.[Ge].[Ge]. The molecule has 8 radical (unpaired) electrons. The fourth-order valence-corrected chi connectivity index (χ4v) is 1.22. The molecule has 8 heteroatoms. The first-order valence-electron chi connectivity index (χ1n) is 10.3. The minimum Gasteiger partial charge on any atom is -0.510 e. The predicted octanol–water partition coefficient (Wildman–Crippen LogP) is 5.06. The monoisotopic (exact) mass is 574 g/mol. The van der Waals surface area contributed by atoms with E-state index in [1.165, 1.54) is 24.8 Å². The van der Waals surface area contributed by atoms with E-state index in [-0.39, 0.29) is 68.4 Å². The van der Waals surface area contributed by atoms with Gasteiger partial charge in [-0.25, -0.2) is 0 Å². The second-order valence-electron chi connectivity index (χ2n) is 11.7. The van der Waals surface area contributed by atoms with Crippen LogP contribution in [0.4, 0.5) is 0 Å². The second-order valence-corrected chi connectivity index (χ2v) is 11.7. The zero-order valence-electron chi connectivity index (χ0n) is 22.1. The van der Waals surface area contributed by atoms with E-state index in [9.17, 15) is 20.4 Å². The van der Waals surface area contributed by atoms with Gasteiger partial charge in [-0.3, -0.25) is 9.98 Å². The molecule has 0 aromatic heterocycles. The molecule has 0 aliphatic rings. The molecular formula is C24H46Ge2N2O4. The van der Waals surface area contributed by atoms with Gasteiger partial charge in [0.05, 0.1) is 24.6 Å². The van der Waals surface area contributed by atoms with Gasteiger partial charge in [0.25, 0.3) is 0 Å². The van der Waals surface area contributed by atoms with Crippen molar-refractivity contribution in [2.75, 3.05) is 0 Å². The Morgan fingerprint density at radius 1 is 0.562 bits per heavy atom. The van der Waals surface area contributed by atoms with Crippen LogP contribution in [0.2, 0.25) is 0 Å². The van der Waals surface area contributed by atoms with Gasteiger partial charge in [-0.1, -0.05) is 83.1 Å². The van der Waals surface area contributed by atoms with Crippen LogP contribution in [0.15, 0.2) is 33.9 Å². The number of hydrogen-bond acceptors (Lipinski definition) is 6. The largest absolute Gasteiger partial charge is 0.510 e. The molecule has 0 heterocycles. The molecule has 2 atom stereocenters. The van der Waals surface area contributed by atoms with Crippen molar-refractivity contribution in [3.05, 3.63) is 23.9 Å². The third-order valence-corrected chi connectivity index (χ3v) is 4.16. The van der Waals surface area contributed by atoms with Gasteiger partial charge in [-0.2, -0.15) is 0 Å². The van der Waals surface area contributed by atoms with Gasteiger partial charge in [-0.15, -0.1) is 0 Å². The first-order valence-corrected chi connectivity index (χ1v) is 10.3. The van der Waals surface area contributed by atoms with Gasteiger partial charge in [0.2, 0.25) is 0 Å². The molecule has 0 fully saturated rings. The number of rotatable bonds is 4. The summed E-state index contributed by atoms with van der Waals surface area (Å²) in [4.78, 5) is 7.83. The normalized spacial score (nSPS) is 16.1. The van der Waals surface area contributed by atoms with Gasteiger partial charge in [0.1, 0.15) is 11.5 Å². The summed E-state index contributed by atoms with van der Waals surface area (Å²) in [5.74, 6) is 0.416. The zero-order chi connectivity index (χ0) is 24.6. The molecule has 2 unspecified atom stereocenters. The molecular weight excluding hydrogens is 525 g/mol. The fourth-order valence-electron chi connectivity index (χ4n) is 1.22. The van der Waals surface area contributed by atoms with Crippen molar-refractivity contribution in [2.45, 2.75) is 95.3 Å². The number of aliphatic hydroxyl groups is 4. The first kappa shape index (κ1) is 38.7. The molecule has 6 nitrogen and oxygen atoms in total. The minimum atomic E-state index is -0.610. The summed E-state index contributed by atoms with van der Waals surface area (Å²) in [7, 11) is 0. The number of aliphatic imine (C=N–C) groups is 2. The van der Waals surface area contributed by atoms with Gasteiger partial charge in [0, 0.05) is 58.5 Å². The van der Waals surface area contributed by atoms with Crippen molar-refractivity contribution in [1.29, 1.82) is 0 Å². The van der Waals surface area contributed by atoms with E-state index in [1.54, 1.807) is 0 Å². The fraction of sp³-hybridized carbons (Fsp3) is 0.750. The topological polar surface area (TPSA) is 106 Å². The van der Waals surface area contributed by atoms with Crippen LogP contribution in [0.1, 0.15) is 83.1 Å². The first-order chi connectivity index (χ1) is 13.1. The number of aliphatic hydroxyl groups excluding tert-OH is 4. The third-order valence-electron chi connectivity index (χ3n) is 4.16. The quantitative estimate of drug-likeness (QED) is 0.215. The molecule has 0 aromatic rings. The van der Waals surface area contributed by atoms with Crippen molar-refractivity contribution >= 4 is 47.6 Å². The van der Waals surface area contributed by atoms with E-state index in [0.29, 0.717) is 0 Å². The molecule has 4 N–H and O–H groups in total. The molecule has 184 valence electrons. The van der Waals surface area contributed by atoms with Gasteiger partial charge in [-0.05, 0) is 10.8 Å². The molecule has 0 saturated heterocycles. The van der Waals surface area contributed by atoms with E-state index in [2.05, 4.69) is 9.98 Å². The van der Waals surface area contributed by atoms with Crippen LogP contribution in [0.3, 0.4) is 0 Å². The van der Waals surface area contributed by atoms with Crippen molar-refractivity contribution in [3.63, 3.8) is 0 Å². The average molecular weight is 572 g/mol. The van der Waals surface area contributed by atoms with Crippen LogP contribution in [0.5, 0.6) is 0 Å². The summed E-state index contributed by atoms with van der Waals surface area (Å²) in [6, 6.07) is 0. The van der Waals surface area contributed by atoms with E-state index in [4.69, 9.17) is 0 Å². The van der Waals surface area contributed by atoms with Crippen LogP contribution in [0.25, 0.3) is 0 Å². The van der Waals surface area contributed by atoms with Crippen LogP contribution >= 0.6 is 0 Å². The molecule has 0 aliphatic carbocycles. The smallest absolute Gasteiger partial charge is 0.116 e. The molecule has 0 saturated carbocycles. The Kier molecular flexibility index (Phi) is 18.6. The van der Waals surface area contributed by atoms with Gasteiger partial charge >= 0.3 is 0 Å². The molecule has 0 bridgehead atoms. The summed E-state index contributed by atoms with van der Waals surface area (Å²) < 4.78 is 0. The van der Waals surface area contributed by atoms with Gasteiger partial charge < -0.3 is 20.4 Å². The number of nitrogens with zero attached hydrogens (tertiary/aromatic N) is 2. The summed E-state index contributed by atoms with van der Waals surface area (Å²) in [5, 5.41) is 38.4. The molecule has 0 aromatic carbocycles. The van der Waals surface area contributed by atoms with Crippen LogP contribution in [0, 0.1) is 21.7 Å². The summed E-state index contributed by atoms with van der Waals surface area (Å²) in [6.45, 7) is 22.9. The molecule has 0 spiro atoms. The maximum atomic E-state index is 9.64. The molecule has 0 amide bonds. The Bertz CT molecular complexity index is 574. The Labute approximate surface area is 218 Å². The average Bonchev–Trinajstić information content (AvgIpc) is 2.51. The Balaban J connectivity index is -0.000000231. The Morgan fingerprint density at radius 3 is 0.938 bits per heavy atom. The Hall–Kier alpha value is -0.574. The summed E-state index contributed by atoms with van der Waals surface area (Å²) in [6.07, 6.45) is 4.44. The van der Waals surface area contributed by atoms with Crippen LogP contribution in [-0.4, -0.2) is 80.3 Å². The predicted molar refractivity (Wildman–Crippen MR) is 140 cm³/mol. The third kappa shape index (κ3) is 18.9. The summed E-state index contributed by atoms with van der Waals surface area (Å²) in [5.41, 5.74) is -1.06. The van der Waals surface area contributed by atoms with Crippen molar-refractivity contribution < 1.29 is 20.4 Å². The van der Waals surface area contributed by atoms with E-state index < -0.39 is 12.2 Å². The number of allylic oxidation sites excluding steroid dienone is 2. The maximum absolute atomic E-state index is 9.64. The summed E-state index contributed by atoms with van der Waals surface area (Å²) >= 11 is 0. The number of hydrogen-bond donors (Lipinski definition) is 4. The van der Waals surface area contributed by atoms with Gasteiger partial charge in [0.15, 0.2) is 0 Å². The van der Waals surface area contributed by atoms with E-state index in [1.807, 2.05) is 83.1 Å². The Morgan fingerprint density at radius 2 is 0.781 bits per heavy atom. The van der Waals surface area contributed by atoms with E-state index in [0.717, 1.165) is 0 Å². The van der Waals surface area contributed by atoms with Crippen molar-refractivity contribution in [3.8, 4) is 0 Å². The van der Waals surface area contributed by atoms with Crippen molar-refractivity contribution in [1.82, 2.24) is 0 Å². The molecule has 0 rings (SSSR count). The van der Waals surface area contributed by atoms with Crippen LogP contribution in [-0.2, 0) is 0 Å². The maximum Gasteiger partial charge on any atom is 0.116 e. The standard InChI is InChI=1S/2C12H23NO2.2Ge/c2*1-11(2,3)9(14)7-13-8-10(15)12(4,5)6;;/h2*7-9,14-15H,1-6H3;;/b2*10-8-,13-7?;;. The minimum absolute atomic E-state index is 0. The van der Waals surface area contributed by atoms with Crippen molar-refractivity contribution in [2.24, 2.45) is 31.6 Å². The molecule has 0 aliphatic heterocycles. The zero-order valence-corrected chi connectivity index (χ0v) is 26.3. The molecule has 32 heavy (non-hydrogen) atoms. The van der Waals surface area contributed by atoms with Crippen LogP contribution < -0.4 is 0 Å². The second kappa shape index (κ2) is 15.4.